The van der Waals surface area contributed by atoms with Crippen molar-refractivity contribution in [3.63, 3.8) is 0 Å². The lowest BCUT2D eigenvalue weighted by Crippen LogP contribution is -2.58. The van der Waals surface area contributed by atoms with Crippen LogP contribution in [-0.2, 0) is 13.1 Å². The summed E-state index contributed by atoms with van der Waals surface area (Å²) < 4.78 is 23.4. The number of aromatic nitrogens is 5. The molecule has 4 aromatic rings. The van der Waals surface area contributed by atoms with Crippen molar-refractivity contribution in [3.8, 4) is 23.2 Å². The number of fused-ring (bicyclic) bond motifs is 2. The highest BCUT2D eigenvalue weighted by Gasteiger charge is 2.30. The molecular formula is C25H25FN8O. The maximum absolute atomic E-state index is 13.3. The molecule has 2 aliphatic heterocycles. The number of imidazole rings is 1. The summed E-state index contributed by atoms with van der Waals surface area (Å²) in [7, 11) is 0. The second kappa shape index (κ2) is 8.45. The Hall–Kier alpha value is -3.81. The zero-order valence-electron chi connectivity index (χ0n) is 19.6. The first-order valence-electron chi connectivity index (χ1n) is 11.7. The molecular weight excluding hydrogens is 447 g/mol. The van der Waals surface area contributed by atoms with Gasteiger partial charge < -0.3 is 10.1 Å². The van der Waals surface area contributed by atoms with Gasteiger partial charge in [0.2, 0.25) is 5.88 Å². The summed E-state index contributed by atoms with van der Waals surface area (Å²) in [4.78, 5) is 11.1. The average Bonchev–Trinajstić information content (AvgIpc) is 3.39. The third-order valence-corrected chi connectivity index (χ3v) is 6.97. The molecule has 0 bridgehead atoms. The quantitative estimate of drug-likeness (QED) is 0.477. The Morgan fingerprint density at radius 3 is 2.77 bits per heavy atom. The van der Waals surface area contributed by atoms with Gasteiger partial charge in [0.05, 0.1) is 36.0 Å². The molecule has 1 N–H and O–H groups in total. The molecule has 0 radical (unpaired) electrons. The van der Waals surface area contributed by atoms with E-state index >= 15 is 0 Å². The van der Waals surface area contributed by atoms with E-state index in [-0.39, 0.29) is 0 Å². The highest BCUT2D eigenvalue weighted by atomic mass is 19.1. The van der Waals surface area contributed by atoms with Gasteiger partial charge in [-0.05, 0) is 37.6 Å². The van der Waals surface area contributed by atoms with Gasteiger partial charge in [-0.2, -0.15) is 10.4 Å². The van der Waals surface area contributed by atoms with E-state index in [0.717, 1.165) is 49.5 Å². The molecule has 1 unspecified atom stereocenters. The number of nitrogens with one attached hydrogen (secondary N) is 1. The summed E-state index contributed by atoms with van der Waals surface area (Å²) in [6.07, 6.45) is 2.23. The molecule has 1 fully saturated rings. The molecule has 0 aromatic carbocycles. The zero-order valence-corrected chi connectivity index (χ0v) is 19.6. The van der Waals surface area contributed by atoms with Gasteiger partial charge in [0, 0.05) is 43.9 Å². The molecule has 178 valence electrons. The van der Waals surface area contributed by atoms with Crippen LogP contribution in [0.1, 0.15) is 35.7 Å². The largest absolute Gasteiger partial charge is 0.469 e. The number of pyridine rings is 2. The molecule has 0 spiro atoms. The van der Waals surface area contributed by atoms with Crippen LogP contribution in [0.5, 0.6) is 5.88 Å². The third-order valence-electron chi connectivity index (χ3n) is 6.97. The van der Waals surface area contributed by atoms with Crippen molar-refractivity contribution >= 4 is 5.65 Å². The fraction of sp³-hybridized carbons (Fsp3) is 0.360. The van der Waals surface area contributed by atoms with Gasteiger partial charge in [-0.15, -0.1) is 0 Å². The van der Waals surface area contributed by atoms with Crippen molar-refractivity contribution in [3.05, 3.63) is 65.1 Å². The molecule has 1 saturated heterocycles. The molecule has 6 heterocycles. The van der Waals surface area contributed by atoms with Crippen LogP contribution in [0.3, 0.4) is 0 Å². The fourth-order valence-electron chi connectivity index (χ4n) is 4.83. The van der Waals surface area contributed by atoms with Crippen molar-refractivity contribution in [1.29, 1.82) is 5.26 Å². The van der Waals surface area contributed by atoms with Crippen LogP contribution in [0, 0.1) is 24.1 Å². The van der Waals surface area contributed by atoms with E-state index in [1.165, 1.54) is 24.2 Å². The van der Waals surface area contributed by atoms with Crippen molar-refractivity contribution in [2.45, 2.75) is 39.1 Å². The minimum absolute atomic E-state index is 0.367. The van der Waals surface area contributed by atoms with Gasteiger partial charge >= 0.3 is 0 Å². The lowest BCUT2D eigenvalue weighted by atomic mass is 10.1. The SMILES string of the molecule is Cc1c(-c2cc(OC(C)c3ccc(F)cn3)n3c(C#N)cnc3c2)nn2c1CN(C1CNC1)CC2. The Morgan fingerprint density at radius 2 is 2.06 bits per heavy atom. The summed E-state index contributed by atoms with van der Waals surface area (Å²) in [5, 5.41) is 17.9. The maximum atomic E-state index is 13.3. The van der Waals surface area contributed by atoms with Crippen molar-refractivity contribution in [2.24, 2.45) is 0 Å². The first-order valence-corrected chi connectivity index (χ1v) is 11.7. The molecule has 35 heavy (non-hydrogen) atoms. The van der Waals surface area contributed by atoms with E-state index in [1.54, 1.807) is 10.5 Å². The smallest absolute Gasteiger partial charge is 0.201 e. The van der Waals surface area contributed by atoms with Gasteiger partial charge in [0.15, 0.2) is 0 Å². The number of nitrogens with zero attached hydrogens (tertiary/aromatic N) is 7. The second-order valence-corrected chi connectivity index (χ2v) is 9.12. The van der Waals surface area contributed by atoms with Gasteiger partial charge in [0.1, 0.15) is 29.3 Å². The fourth-order valence-corrected chi connectivity index (χ4v) is 4.83. The summed E-state index contributed by atoms with van der Waals surface area (Å²) in [5.74, 6) is 0.0517. The number of halogens is 1. The Morgan fingerprint density at radius 1 is 1.20 bits per heavy atom. The van der Waals surface area contributed by atoms with Crippen molar-refractivity contribution in [1.82, 2.24) is 34.4 Å². The van der Waals surface area contributed by atoms with Crippen LogP contribution in [0.15, 0.2) is 36.7 Å². The topological polar surface area (TPSA) is 96.3 Å². The average molecular weight is 473 g/mol. The van der Waals surface area contributed by atoms with E-state index in [0.29, 0.717) is 29.0 Å². The first-order chi connectivity index (χ1) is 17.0. The van der Waals surface area contributed by atoms with Gasteiger partial charge in [0.25, 0.3) is 0 Å². The van der Waals surface area contributed by atoms with Crippen LogP contribution >= 0.6 is 0 Å². The number of ether oxygens (including phenoxy) is 1. The molecule has 0 amide bonds. The van der Waals surface area contributed by atoms with E-state index in [9.17, 15) is 9.65 Å². The van der Waals surface area contributed by atoms with E-state index < -0.39 is 11.9 Å². The number of rotatable bonds is 5. The van der Waals surface area contributed by atoms with Crippen molar-refractivity contribution < 1.29 is 9.13 Å². The van der Waals surface area contributed by atoms with Gasteiger partial charge in [-0.3, -0.25) is 19.0 Å². The monoisotopic (exact) mass is 472 g/mol. The Bertz CT molecular complexity index is 1450. The first kappa shape index (κ1) is 21.7. The highest BCUT2D eigenvalue weighted by molar-refractivity contribution is 5.70. The second-order valence-electron chi connectivity index (χ2n) is 9.12. The number of nitriles is 1. The minimum Gasteiger partial charge on any atom is -0.469 e. The Labute approximate surface area is 201 Å². The third kappa shape index (κ3) is 3.73. The summed E-state index contributed by atoms with van der Waals surface area (Å²) >= 11 is 0. The van der Waals surface area contributed by atoms with E-state index in [4.69, 9.17) is 9.84 Å². The number of hydrogen-bond donors (Lipinski definition) is 1. The predicted octanol–water partition coefficient (Wildman–Crippen LogP) is 2.84. The van der Waals surface area contributed by atoms with Crippen LogP contribution in [-0.4, -0.2) is 54.7 Å². The lowest BCUT2D eigenvalue weighted by molar-refractivity contribution is 0.110. The predicted molar refractivity (Wildman–Crippen MR) is 126 cm³/mol. The van der Waals surface area contributed by atoms with Crippen LogP contribution in [0.2, 0.25) is 0 Å². The Balaban J connectivity index is 1.39. The van der Waals surface area contributed by atoms with Gasteiger partial charge in [-0.1, -0.05) is 0 Å². The van der Waals surface area contributed by atoms with E-state index in [2.05, 4.69) is 37.9 Å². The van der Waals surface area contributed by atoms with Crippen LogP contribution in [0.25, 0.3) is 16.9 Å². The minimum atomic E-state index is -0.469. The molecule has 0 saturated carbocycles. The normalized spacial score (nSPS) is 17.1. The summed E-state index contributed by atoms with van der Waals surface area (Å²) in [6, 6.07) is 9.54. The van der Waals surface area contributed by atoms with Crippen molar-refractivity contribution in [2.75, 3.05) is 19.6 Å². The van der Waals surface area contributed by atoms with Crippen LogP contribution in [0.4, 0.5) is 4.39 Å². The molecule has 1 atom stereocenters. The number of hydrogen-bond acceptors (Lipinski definition) is 7. The zero-order chi connectivity index (χ0) is 24.1. The molecule has 10 heteroatoms. The summed E-state index contributed by atoms with van der Waals surface area (Å²) in [6.45, 7) is 8.75. The molecule has 2 aliphatic rings. The summed E-state index contributed by atoms with van der Waals surface area (Å²) in [5.41, 5.74) is 5.67. The Kier molecular flexibility index (Phi) is 5.24. The lowest BCUT2D eigenvalue weighted by Gasteiger charge is -2.40. The standard InChI is InChI=1S/C25H25FN8O/c1-15-22-14-32(20-11-28-12-20)5-6-33(22)31-25(15)17-7-23-30-13-19(9-27)34(23)24(8-17)35-16(2)21-4-3-18(26)10-29-21/h3-4,7-8,10,13,16,20,28H,5-6,11-12,14H2,1-2H3. The van der Waals surface area contributed by atoms with E-state index in [1.807, 2.05) is 19.1 Å². The molecule has 9 nitrogen and oxygen atoms in total. The molecule has 6 rings (SSSR count). The molecule has 0 aliphatic carbocycles. The van der Waals surface area contributed by atoms with Gasteiger partial charge in [-0.25, -0.2) is 9.37 Å². The highest BCUT2D eigenvalue weighted by Crippen LogP contribution is 2.33. The maximum Gasteiger partial charge on any atom is 0.201 e. The molecule has 4 aromatic heterocycles. The van der Waals surface area contributed by atoms with Crippen LogP contribution < -0.4 is 10.1 Å².